The Kier molecular flexibility index (Phi) is 5.79. The first kappa shape index (κ1) is 20.5. The minimum Gasteiger partial charge on any atom is -0.497 e. The molecule has 3 heterocycles. The molecule has 1 saturated carbocycles. The van der Waals surface area contributed by atoms with Crippen LogP contribution < -0.4 is 15.0 Å². The van der Waals surface area contributed by atoms with Crippen molar-refractivity contribution in [2.45, 2.75) is 50.6 Å². The van der Waals surface area contributed by atoms with Crippen LogP contribution >= 0.6 is 0 Å². The summed E-state index contributed by atoms with van der Waals surface area (Å²) in [5.41, 5.74) is 1.33. The van der Waals surface area contributed by atoms with Gasteiger partial charge < -0.3 is 19.5 Å². The summed E-state index contributed by atoms with van der Waals surface area (Å²) >= 11 is 0. The van der Waals surface area contributed by atoms with Gasteiger partial charge in [-0.3, -0.25) is 4.79 Å². The average Bonchev–Trinajstić information content (AvgIpc) is 3.61. The van der Waals surface area contributed by atoms with Crippen molar-refractivity contribution in [2.24, 2.45) is 0 Å². The van der Waals surface area contributed by atoms with Crippen LogP contribution in [-0.4, -0.2) is 52.1 Å². The summed E-state index contributed by atoms with van der Waals surface area (Å²) in [6.07, 6.45) is 9.25. The fourth-order valence-electron chi connectivity index (χ4n) is 4.72. The largest absolute Gasteiger partial charge is 0.497 e. The molecular weight excluding hydrogens is 408 g/mol. The summed E-state index contributed by atoms with van der Waals surface area (Å²) in [6.45, 7) is 1.77. The molecule has 0 unspecified atom stereocenters. The first-order valence-electron chi connectivity index (χ1n) is 11.3. The van der Waals surface area contributed by atoms with Crippen LogP contribution in [0.25, 0.3) is 11.3 Å². The smallest absolute Gasteiger partial charge is 0.259 e. The van der Waals surface area contributed by atoms with Crippen molar-refractivity contribution < 1.29 is 14.1 Å². The van der Waals surface area contributed by atoms with Gasteiger partial charge in [0.05, 0.1) is 13.2 Å². The Labute approximate surface area is 186 Å². The van der Waals surface area contributed by atoms with E-state index in [-0.39, 0.29) is 11.9 Å². The molecule has 9 nitrogen and oxygen atoms in total. The van der Waals surface area contributed by atoms with Gasteiger partial charge in [0.15, 0.2) is 11.6 Å². The number of benzene rings is 1. The van der Waals surface area contributed by atoms with Crippen LogP contribution in [0.3, 0.4) is 0 Å². The van der Waals surface area contributed by atoms with Crippen LogP contribution in [0.5, 0.6) is 5.75 Å². The minimum atomic E-state index is -0.122. The normalized spacial score (nSPS) is 21.0. The van der Waals surface area contributed by atoms with Gasteiger partial charge in [0.1, 0.15) is 24.0 Å². The van der Waals surface area contributed by atoms with Crippen LogP contribution in [0.2, 0.25) is 0 Å². The Morgan fingerprint density at radius 3 is 2.53 bits per heavy atom. The number of methoxy groups -OCH3 is 1. The Balaban J connectivity index is 1.36. The van der Waals surface area contributed by atoms with Crippen molar-refractivity contribution in [3.05, 3.63) is 42.5 Å². The molecule has 1 N–H and O–H groups in total. The molecule has 1 aliphatic carbocycles. The summed E-state index contributed by atoms with van der Waals surface area (Å²) in [7, 11) is 1.63. The maximum Gasteiger partial charge on any atom is 0.259 e. The highest BCUT2D eigenvalue weighted by Crippen LogP contribution is 2.34. The Hall–Kier alpha value is -3.36. The van der Waals surface area contributed by atoms with Gasteiger partial charge in [-0.1, -0.05) is 5.16 Å². The molecule has 0 atom stereocenters. The van der Waals surface area contributed by atoms with Crippen molar-refractivity contribution in [1.82, 2.24) is 25.2 Å². The van der Waals surface area contributed by atoms with E-state index in [9.17, 15) is 4.79 Å². The number of nitrogens with zero attached hydrogens (tertiary/aromatic N) is 5. The van der Waals surface area contributed by atoms with E-state index in [1.807, 2.05) is 28.9 Å². The Bertz CT molecular complexity index is 1030. The van der Waals surface area contributed by atoms with E-state index in [4.69, 9.17) is 9.26 Å². The molecule has 1 saturated heterocycles. The van der Waals surface area contributed by atoms with Gasteiger partial charge in [0.25, 0.3) is 5.91 Å². The van der Waals surface area contributed by atoms with E-state index in [1.165, 1.54) is 0 Å². The quantitative estimate of drug-likeness (QED) is 0.632. The van der Waals surface area contributed by atoms with Crippen LogP contribution in [0.4, 0.5) is 5.82 Å². The number of aromatic nitrogens is 4. The highest BCUT2D eigenvalue weighted by Gasteiger charge is 2.31. The van der Waals surface area contributed by atoms with Gasteiger partial charge in [-0.05, 0) is 62.8 Å². The van der Waals surface area contributed by atoms with E-state index in [1.54, 1.807) is 19.8 Å². The molecule has 1 aliphatic heterocycles. The van der Waals surface area contributed by atoms with E-state index in [0.29, 0.717) is 23.2 Å². The zero-order chi connectivity index (χ0) is 21.9. The lowest BCUT2D eigenvalue weighted by Crippen LogP contribution is -2.38. The van der Waals surface area contributed by atoms with Gasteiger partial charge in [0.2, 0.25) is 0 Å². The molecule has 9 heteroatoms. The lowest BCUT2D eigenvalue weighted by molar-refractivity contribution is 0.0922. The highest BCUT2D eigenvalue weighted by atomic mass is 16.5. The summed E-state index contributed by atoms with van der Waals surface area (Å²) in [4.78, 5) is 19.7. The van der Waals surface area contributed by atoms with Crippen LogP contribution in [0, 0.1) is 0 Å². The number of carbonyl (C=O) groups is 1. The van der Waals surface area contributed by atoms with Crippen LogP contribution in [-0.2, 0) is 0 Å². The molecule has 5 rings (SSSR count). The number of hydrogen-bond acceptors (Lipinski definition) is 7. The van der Waals surface area contributed by atoms with E-state index < -0.39 is 0 Å². The number of rotatable bonds is 6. The third-order valence-electron chi connectivity index (χ3n) is 6.50. The molecule has 2 fully saturated rings. The Morgan fingerprint density at radius 1 is 1.12 bits per heavy atom. The van der Waals surface area contributed by atoms with Crippen LogP contribution in [0.1, 0.15) is 54.9 Å². The monoisotopic (exact) mass is 436 g/mol. The second-order valence-corrected chi connectivity index (χ2v) is 8.49. The van der Waals surface area contributed by atoms with Gasteiger partial charge in [-0.25, -0.2) is 9.67 Å². The SMILES string of the molecule is COc1ccc(-c2onc(N3CCCC3)c2C(=O)NC2CCC(n3cncn3)CC2)cc1. The second kappa shape index (κ2) is 9.02. The molecule has 2 aliphatic rings. The van der Waals surface area contributed by atoms with Crippen molar-refractivity contribution in [3.63, 3.8) is 0 Å². The molecule has 1 aromatic carbocycles. The number of nitrogens with one attached hydrogen (secondary N) is 1. The zero-order valence-corrected chi connectivity index (χ0v) is 18.2. The summed E-state index contributed by atoms with van der Waals surface area (Å²) in [5, 5.41) is 11.8. The zero-order valence-electron chi connectivity index (χ0n) is 18.2. The third kappa shape index (κ3) is 4.06. The summed E-state index contributed by atoms with van der Waals surface area (Å²) in [5.74, 6) is 1.77. The Morgan fingerprint density at radius 2 is 1.88 bits per heavy atom. The number of carbonyl (C=O) groups excluding carboxylic acids is 1. The number of hydrogen-bond donors (Lipinski definition) is 1. The summed E-state index contributed by atoms with van der Waals surface area (Å²) in [6, 6.07) is 7.98. The first-order chi connectivity index (χ1) is 15.7. The second-order valence-electron chi connectivity index (χ2n) is 8.49. The molecule has 0 bridgehead atoms. The fraction of sp³-hybridized carbons (Fsp3) is 0.478. The topological polar surface area (TPSA) is 98.3 Å². The number of amides is 1. The minimum absolute atomic E-state index is 0.118. The lowest BCUT2D eigenvalue weighted by Gasteiger charge is -2.29. The third-order valence-corrected chi connectivity index (χ3v) is 6.50. The van der Waals surface area contributed by atoms with Crippen LogP contribution in [0.15, 0.2) is 41.4 Å². The van der Waals surface area contributed by atoms with Crippen molar-refractivity contribution in [1.29, 1.82) is 0 Å². The first-order valence-corrected chi connectivity index (χ1v) is 11.3. The number of ether oxygens (including phenoxy) is 1. The van der Waals surface area contributed by atoms with Crippen molar-refractivity contribution in [2.75, 3.05) is 25.1 Å². The fourth-order valence-corrected chi connectivity index (χ4v) is 4.72. The molecule has 3 aromatic rings. The molecule has 1 amide bonds. The van der Waals surface area contributed by atoms with E-state index >= 15 is 0 Å². The summed E-state index contributed by atoms with van der Waals surface area (Å²) < 4.78 is 12.9. The molecule has 0 spiro atoms. The molecule has 0 radical (unpaired) electrons. The molecule has 168 valence electrons. The van der Waals surface area contributed by atoms with Crippen molar-refractivity contribution >= 4 is 11.7 Å². The van der Waals surface area contributed by atoms with Gasteiger partial charge in [0, 0.05) is 24.7 Å². The highest BCUT2D eigenvalue weighted by molar-refractivity contribution is 6.04. The standard InChI is InChI=1S/C23H28N6O3/c1-31-19-10-4-16(5-11-19)21-20(22(27-32-21)28-12-2-3-13-28)23(30)26-17-6-8-18(9-7-17)29-15-24-14-25-29/h4-5,10-11,14-15,17-18H,2-3,6-9,12-13H2,1H3,(H,26,30). The lowest BCUT2D eigenvalue weighted by atomic mass is 9.91. The number of anilines is 1. The average molecular weight is 437 g/mol. The van der Waals surface area contributed by atoms with Crippen molar-refractivity contribution in [3.8, 4) is 17.1 Å². The maximum absolute atomic E-state index is 13.5. The predicted molar refractivity (Wildman–Crippen MR) is 119 cm³/mol. The van der Waals surface area contributed by atoms with E-state index in [2.05, 4.69) is 25.5 Å². The molecular formula is C23H28N6O3. The van der Waals surface area contributed by atoms with Gasteiger partial charge in [-0.2, -0.15) is 5.10 Å². The van der Waals surface area contributed by atoms with E-state index in [0.717, 1.165) is 62.9 Å². The molecule has 2 aromatic heterocycles. The maximum atomic E-state index is 13.5. The van der Waals surface area contributed by atoms with Gasteiger partial charge >= 0.3 is 0 Å². The molecule has 32 heavy (non-hydrogen) atoms. The van der Waals surface area contributed by atoms with Gasteiger partial charge in [-0.15, -0.1) is 0 Å². The predicted octanol–water partition coefficient (Wildman–Crippen LogP) is 3.46.